The van der Waals surface area contributed by atoms with Gasteiger partial charge in [0.1, 0.15) is 13.2 Å². The predicted molar refractivity (Wildman–Crippen MR) is 105 cm³/mol. The van der Waals surface area contributed by atoms with Gasteiger partial charge in [-0.3, -0.25) is 4.31 Å². The Kier molecular flexibility index (Phi) is 5.83. The maximum Gasteiger partial charge on any atom is 0.338 e. The van der Waals surface area contributed by atoms with Crippen molar-refractivity contribution in [3.05, 3.63) is 57.6 Å². The van der Waals surface area contributed by atoms with Crippen LogP contribution in [0, 0.1) is 0 Å². The number of fused-ring (bicyclic) bond motifs is 1. The van der Waals surface area contributed by atoms with Crippen molar-refractivity contribution >= 4 is 44.9 Å². The summed E-state index contributed by atoms with van der Waals surface area (Å²) in [4.78, 5) is 12.2. The van der Waals surface area contributed by atoms with Crippen LogP contribution in [-0.4, -0.2) is 40.4 Å². The monoisotopic (exact) mass is 429 g/mol. The lowest BCUT2D eigenvalue weighted by atomic mass is 10.1. The van der Waals surface area contributed by atoms with Crippen LogP contribution in [0.5, 0.6) is 5.75 Å². The third kappa shape index (κ3) is 4.48. The van der Waals surface area contributed by atoms with E-state index in [1.54, 1.807) is 36.4 Å². The van der Waals surface area contributed by atoms with Crippen molar-refractivity contribution < 1.29 is 22.7 Å². The van der Waals surface area contributed by atoms with Crippen LogP contribution < -0.4 is 9.04 Å². The van der Waals surface area contributed by atoms with E-state index in [0.717, 1.165) is 11.8 Å². The van der Waals surface area contributed by atoms with Crippen LogP contribution in [0.2, 0.25) is 10.0 Å². The van der Waals surface area contributed by atoms with Crippen LogP contribution in [0.25, 0.3) is 0 Å². The minimum absolute atomic E-state index is 0.0208. The second-order valence-electron chi connectivity index (χ2n) is 5.96. The molecular formula is C18H17Cl2NO5S. The number of ether oxygens (including phenoxy) is 2. The van der Waals surface area contributed by atoms with Gasteiger partial charge in [0.05, 0.1) is 27.6 Å². The second-order valence-corrected chi connectivity index (χ2v) is 8.68. The Morgan fingerprint density at radius 3 is 2.52 bits per heavy atom. The number of para-hydroxylation sites is 1. The zero-order chi connectivity index (χ0) is 19.6. The van der Waals surface area contributed by atoms with Gasteiger partial charge < -0.3 is 9.47 Å². The van der Waals surface area contributed by atoms with E-state index in [-0.39, 0.29) is 13.2 Å². The fourth-order valence-electron chi connectivity index (χ4n) is 2.82. The summed E-state index contributed by atoms with van der Waals surface area (Å²) in [5.74, 6) is -0.167. The first-order chi connectivity index (χ1) is 12.8. The molecule has 1 aliphatic rings. The lowest BCUT2D eigenvalue weighted by Crippen LogP contribution is -2.27. The molecule has 0 saturated heterocycles. The molecule has 0 bridgehead atoms. The first kappa shape index (κ1) is 19.8. The summed E-state index contributed by atoms with van der Waals surface area (Å²) >= 11 is 12.0. The van der Waals surface area contributed by atoms with Gasteiger partial charge in [0.2, 0.25) is 10.0 Å². The van der Waals surface area contributed by atoms with E-state index >= 15 is 0 Å². The van der Waals surface area contributed by atoms with Crippen LogP contribution in [0.15, 0.2) is 36.4 Å². The highest BCUT2D eigenvalue weighted by atomic mass is 35.5. The van der Waals surface area contributed by atoms with Crippen LogP contribution >= 0.6 is 23.2 Å². The topological polar surface area (TPSA) is 72.9 Å². The van der Waals surface area contributed by atoms with Crippen molar-refractivity contribution in [1.29, 1.82) is 0 Å². The van der Waals surface area contributed by atoms with Gasteiger partial charge in [-0.1, -0.05) is 29.3 Å². The second kappa shape index (κ2) is 7.96. The predicted octanol–water partition coefficient (Wildman–Crippen LogP) is 3.55. The average molecular weight is 430 g/mol. The van der Waals surface area contributed by atoms with Crippen molar-refractivity contribution in [3.63, 3.8) is 0 Å². The molecule has 144 valence electrons. The zero-order valence-corrected chi connectivity index (χ0v) is 16.8. The number of carbonyl (C=O) groups excluding carboxylic acids is 1. The van der Waals surface area contributed by atoms with Gasteiger partial charge in [0, 0.05) is 6.54 Å². The van der Waals surface area contributed by atoms with Crippen molar-refractivity contribution in [2.75, 3.05) is 30.3 Å². The molecule has 2 aromatic carbocycles. The molecule has 9 heteroatoms. The molecule has 0 saturated carbocycles. The molecule has 6 nitrogen and oxygen atoms in total. The Hall–Kier alpha value is -1.96. The maximum atomic E-state index is 12.2. The Morgan fingerprint density at radius 2 is 1.85 bits per heavy atom. The summed E-state index contributed by atoms with van der Waals surface area (Å²) in [6.07, 6.45) is 1.72. The van der Waals surface area contributed by atoms with Gasteiger partial charge in [0.15, 0.2) is 5.75 Å². The SMILES string of the molecule is CS(=O)(=O)N1CCc2cc(C(=O)OCCOc3c(Cl)cccc3Cl)ccc21. The van der Waals surface area contributed by atoms with E-state index in [1.165, 1.54) is 4.31 Å². The summed E-state index contributed by atoms with van der Waals surface area (Å²) < 4.78 is 35.5. The van der Waals surface area contributed by atoms with Gasteiger partial charge in [-0.2, -0.15) is 0 Å². The number of esters is 1. The molecule has 0 N–H and O–H groups in total. The first-order valence-electron chi connectivity index (χ1n) is 8.12. The average Bonchev–Trinajstić information content (AvgIpc) is 3.04. The smallest absolute Gasteiger partial charge is 0.338 e. The number of hydrogen-bond acceptors (Lipinski definition) is 5. The van der Waals surface area contributed by atoms with Crippen LogP contribution in [0.1, 0.15) is 15.9 Å². The normalized spacial score (nSPS) is 13.4. The molecule has 1 aliphatic heterocycles. The quantitative estimate of drug-likeness (QED) is 0.518. The van der Waals surface area contributed by atoms with Crippen LogP contribution in [0.3, 0.4) is 0 Å². The van der Waals surface area contributed by atoms with Crippen molar-refractivity contribution in [2.24, 2.45) is 0 Å². The summed E-state index contributed by atoms with van der Waals surface area (Å²) in [5, 5.41) is 0.755. The van der Waals surface area contributed by atoms with Gasteiger partial charge >= 0.3 is 5.97 Å². The Bertz CT molecular complexity index is 957. The van der Waals surface area contributed by atoms with E-state index in [0.29, 0.717) is 40.0 Å². The molecule has 3 rings (SSSR count). The highest BCUT2D eigenvalue weighted by Crippen LogP contribution is 2.32. The molecule has 27 heavy (non-hydrogen) atoms. The van der Waals surface area contributed by atoms with E-state index in [4.69, 9.17) is 32.7 Å². The Labute approximate surface area is 167 Å². The lowest BCUT2D eigenvalue weighted by Gasteiger charge is -2.16. The number of anilines is 1. The Balaban J connectivity index is 1.58. The number of carbonyl (C=O) groups is 1. The molecule has 0 fully saturated rings. The number of benzene rings is 2. The van der Waals surface area contributed by atoms with Gasteiger partial charge in [-0.15, -0.1) is 0 Å². The molecular weight excluding hydrogens is 413 g/mol. The number of sulfonamides is 1. The zero-order valence-electron chi connectivity index (χ0n) is 14.4. The molecule has 0 radical (unpaired) electrons. The van der Waals surface area contributed by atoms with Crippen molar-refractivity contribution in [3.8, 4) is 5.75 Å². The van der Waals surface area contributed by atoms with Crippen LogP contribution in [0.4, 0.5) is 5.69 Å². The largest absolute Gasteiger partial charge is 0.487 e. The van der Waals surface area contributed by atoms with Gasteiger partial charge in [-0.05, 0) is 42.3 Å². The van der Waals surface area contributed by atoms with Crippen LogP contribution in [-0.2, 0) is 21.2 Å². The summed E-state index contributed by atoms with van der Waals surface area (Å²) in [5.41, 5.74) is 1.76. The third-order valence-corrected chi connectivity index (χ3v) is 5.83. The molecule has 0 amide bonds. The van der Waals surface area contributed by atoms with Gasteiger partial charge in [-0.25, -0.2) is 13.2 Å². The number of halogens is 2. The first-order valence-corrected chi connectivity index (χ1v) is 10.7. The fourth-order valence-corrected chi connectivity index (χ4v) is 4.29. The standard InChI is InChI=1S/C18H17Cl2NO5S/c1-27(23,24)21-8-7-12-11-13(5-6-16(12)21)18(22)26-10-9-25-17-14(19)3-2-4-15(17)20/h2-6,11H,7-10H2,1H3. The Morgan fingerprint density at radius 1 is 1.15 bits per heavy atom. The van der Waals surface area contributed by atoms with E-state index in [1.807, 2.05) is 0 Å². The summed E-state index contributed by atoms with van der Waals surface area (Å²) in [6.45, 7) is 0.494. The molecule has 0 aliphatic carbocycles. The minimum Gasteiger partial charge on any atom is -0.487 e. The number of rotatable bonds is 6. The highest BCUT2D eigenvalue weighted by Gasteiger charge is 2.26. The maximum absolute atomic E-state index is 12.2. The lowest BCUT2D eigenvalue weighted by molar-refractivity contribution is 0.0450. The minimum atomic E-state index is -3.32. The van der Waals surface area contributed by atoms with E-state index in [2.05, 4.69) is 0 Å². The molecule has 0 atom stereocenters. The van der Waals surface area contributed by atoms with Crippen molar-refractivity contribution in [1.82, 2.24) is 0 Å². The summed E-state index contributed by atoms with van der Waals surface area (Å²) in [6, 6.07) is 9.85. The molecule has 0 unspecified atom stereocenters. The number of nitrogens with zero attached hydrogens (tertiary/aromatic N) is 1. The highest BCUT2D eigenvalue weighted by molar-refractivity contribution is 7.92. The van der Waals surface area contributed by atoms with E-state index < -0.39 is 16.0 Å². The molecule has 0 spiro atoms. The third-order valence-electron chi connectivity index (χ3n) is 4.05. The number of hydrogen-bond donors (Lipinski definition) is 0. The molecule has 2 aromatic rings. The molecule has 0 aromatic heterocycles. The van der Waals surface area contributed by atoms with E-state index in [9.17, 15) is 13.2 Å². The summed E-state index contributed by atoms with van der Waals surface area (Å²) in [7, 11) is -3.32. The van der Waals surface area contributed by atoms with Crippen molar-refractivity contribution in [2.45, 2.75) is 6.42 Å². The van der Waals surface area contributed by atoms with Gasteiger partial charge in [0.25, 0.3) is 0 Å². The molecule has 1 heterocycles. The fraction of sp³-hybridized carbons (Fsp3) is 0.278.